The fraction of sp³-hybridized carbons (Fsp3) is 0.417. The maximum absolute atomic E-state index is 11.6. The lowest BCUT2D eigenvalue weighted by molar-refractivity contribution is -0.385. The zero-order chi connectivity index (χ0) is 15.1. The van der Waals surface area contributed by atoms with Gasteiger partial charge in [-0.3, -0.25) is 10.1 Å². The van der Waals surface area contributed by atoms with Crippen LogP contribution in [0.25, 0.3) is 0 Å². The Labute approximate surface area is 115 Å². The van der Waals surface area contributed by atoms with Crippen molar-refractivity contribution in [2.75, 3.05) is 27.4 Å². The molecular formula is C12H16N2O6. The van der Waals surface area contributed by atoms with E-state index in [0.29, 0.717) is 19.6 Å². The van der Waals surface area contributed by atoms with E-state index in [1.807, 2.05) is 0 Å². The first-order valence-electron chi connectivity index (χ1n) is 5.82. The Hall–Kier alpha value is -2.35. The van der Waals surface area contributed by atoms with Gasteiger partial charge < -0.3 is 19.9 Å². The Morgan fingerprint density at radius 1 is 1.35 bits per heavy atom. The summed E-state index contributed by atoms with van der Waals surface area (Å²) in [7, 11) is 2.50. The number of rotatable bonds is 7. The normalized spacial score (nSPS) is 9.95. The highest BCUT2D eigenvalue weighted by molar-refractivity contribution is 5.94. The standard InChI is InChI=1S/C12H16N2O6/c1-18-10-7-9(14(16)17)8(12(15)19-2)6-11(10)20-5-3-4-13/h6-7H,3-5,13H2,1-2H3. The smallest absolute Gasteiger partial charge is 0.345 e. The quantitative estimate of drug-likeness (QED) is 0.345. The highest BCUT2D eigenvalue weighted by atomic mass is 16.6. The monoisotopic (exact) mass is 284 g/mol. The Bertz CT molecular complexity index is 503. The molecule has 110 valence electrons. The van der Waals surface area contributed by atoms with Crippen molar-refractivity contribution in [3.63, 3.8) is 0 Å². The minimum absolute atomic E-state index is 0.168. The van der Waals surface area contributed by atoms with E-state index < -0.39 is 16.6 Å². The molecule has 1 rings (SSSR count). The van der Waals surface area contributed by atoms with Crippen molar-refractivity contribution in [1.82, 2.24) is 0 Å². The second-order valence-electron chi connectivity index (χ2n) is 3.76. The average molecular weight is 284 g/mol. The van der Waals surface area contributed by atoms with Crippen LogP contribution in [0.1, 0.15) is 16.8 Å². The van der Waals surface area contributed by atoms with Gasteiger partial charge in [-0.25, -0.2) is 4.79 Å². The van der Waals surface area contributed by atoms with Crippen LogP contribution >= 0.6 is 0 Å². The van der Waals surface area contributed by atoms with Gasteiger partial charge in [0.15, 0.2) is 11.5 Å². The fourth-order valence-electron chi connectivity index (χ4n) is 1.51. The van der Waals surface area contributed by atoms with Gasteiger partial charge in [-0.1, -0.05) is 0 Å². The maximum atomic E-state index is 11.6. The van der Waals surface area contributed by atoms with Crippen LogP contribution in [0.4, 0.5) is 5.69 Å². The van der Waals surface area contributed by atoms with Crippen LogP contribution in [-0.4, -0.2) is 38.3 Å². The molecule has 1 aromatic carbocycles. The summed E-state index contributed by atoms with van der Waals surface area (Å²) in [6, 6.07) is 2.36. The summed E-state index contributed by atoms with van der Waals surface area (Å²) in [5, 5.41) is 11.0. The van der Waals surface area contributed by atoms with E-state index in [-0.39, 0.29) is 17.1 Å². The van der Waals surface area contributed by atoms with E-state index in [0.717, 1.165) is 13.2 Å². The van der Waals surface area contributed by atoms with Gasteiger partial charge in [0.1, 0.15) is 5.56 Å². The molecule has 0 heterocycles. The summed E-state index contributed by atoms with van der Waals surface area (Å²) in [6.07, 6.45) is 0.605. The Kier molecular flexibility index (Phi) is 5.73. The first-order chi connectivity index (χ1) is 9.54. The summed E-state index contributed by atoms with van der Waals surface area (Å²) in [5.41, 5.74) is 4.76. The number of nitrogens with zero attached hydrogens (tertiary/aromatic N) is 1. The number of nitro groups is 1. The maximum Gasteiger partial charge on any atom is 0.345 e. The first kappa shape index (κ1) is 15.7. The molecule has 0 saturated heterocycles. The molecule has 8 nitrogen and oxygen atoms in total. The number of esters is 1. The van der Waals surface area contributed by atoms with Gasteiger partial charge in [0.25, 0.3) is 5.69 Å². The molecule has 0 fully saturated rings. The van der Waals surface area contributed by atoms with Crippen LogP contribution in [-0.2, 0) is 4.74 Å². The van der Waals surface area contributed by atoms with Crippen LogP contribution in [0.3, 0.4) is 0 Å². The van der Waals surface area contributed by atoms with Crippen LogP contribution < -0.4 is 15.2 Å². The van der Waals surface area contributed by atoms with E-state index >= 15 is 0 Å². The number of benzene rings is 1. The molecule has 2 N–H and O–H groups in total. The van der Waals surface area contributed by atoms with E-state index in [9.17, 15) is 14.9 Å². The molecule has 0 aliphatic heterocycles. The van der Waals surface area contributed by atoms with Gasteiger partial charge in [0, 0.05) is 6.07 Å². The van der Waals surface area contributed by atoms with E-state index in [1.165, 1.54) is 13.2 Å². The number of hydrogen-bond donors (Lipinski definition) is 1. The number of methoxy groups -OCH3 is 2. The molecule has 1 aromatic rings. The molecule has 20 heavy (non-hydrogen) atoms. The number of hydrogen-bond acceptors (Lipinski definition) is 7. The molecule has 0 atom stereocenters. The van der Waals surface area contributed by atoms with Crippen molar-refractivity contribution in [2.24, 2.45) is 5.73 Å². The van der Waals surface area contributed by atoms with E-state index in [1.54, 1.807) is 0 Å². The molecule has 0 aliphatic rings. The molecule has 0 aromatic heterocycles. The minimum atomic E-state index is -0.817. The highest BCUT2D eigenvalue weighted by Crippen LogP contribution is 2.35. The molecule has 0 unspecified atom stereocenters. The zero-order valence-corrected chi connectivity index (χ0v) is 11.3. The third kappa shape index (κ3) is 3.58. The molecule has 0 aliphatic carbocycles. The Morgan fingerprint density at radius 2 is 2.05 bits per heavy atom. The van der Waals surface area contributed by atoms with Crippen LogP contribution in [0.15, 0.2) is 12.1 Å². The molecule has 0 spiro atoms. The van der Waals surface area contributed by atoms with Gasteiger partial charge in [-0.05, 0) is 13.0 Å². The molecular weight excluding hydrogens is 268 g/mol. The third-order valence-corrected chi connectivity index (χ3v) is 2.49. The van der Waals surface area contributed by atoms with Crippen molar-refractivity contribution in [1.29, 1.82) is 0 Å². The minimum Gasteiger partial charge on any atom is -0.493 e. The van der Waals surface area contributed by atoms with Gasteiger partial charge in [-0.2, -0.15) is 0 Å². The molecule has 0 radical (unpaired) electrons. The predicted octanol–water partition coefficient (Wildman–Crippen LogP) is 1.12. The lowest BCUT2D eigenvalue weighted by atomic mass is 10.1. The Morgan fingerprint density at radius 3 is 2.55 bits per heavy atom. The first-order valence-corrected chi connectivity index (χ1v) is 5.82. The van der Waals surface area contributed by atoms with E-state index in [2.05, 4.69) is 4.74 Å². The van der Waals surface area contributed by atoms with Gasteiger partial charge in [0.2, 0.25) is 0 Å². The summed E-state index contributed by atoms with van der Waals surface area (Å²) in [6.45, 7) is 0.754. The third-order valence-electron chi connectivity index (χ3n) is 2.49. The second kappa shape index (κ2) is 7.29. The summed E-state index contributed by atoms with van der Waals surface area (Å²) >= 11 is 0. The van der Waals surface area contributed by atoms with Crippen LogP contribution in [0, 0.1) is 10.1 Å². The zero-order valence-electron chi connectivity index (χ0n) is 11.3. The average Bonchev–Trinajstić information content (AvgIpc) is 2.45. The van der Waals surface area contributed by atoms with Crippen molar-refractivity contribution in [2.45, 2.75) is 6.42 Å². The predicted molar refractivity (Wildman–Crippen MR) is 70.2 cm³/mol. The lowest BCUT2D eigenvalue weighted by Gasteiger charge is -2.12. The Balaban J connectivity index is 3.23. The number of carbonyl (C=O) groups excluding carboxylic acids is 1. The fourth-order valence-corrected chi connectivity index (χ4v) is 1.51. The van der Waals surface area contributed by atoms with Crippen LogP contribution in [0.2, 0.25) is 0 Å². The van der Waals surface area contributed by atoms with Crippen molar-refractivity contribution in [3.8, 4) is 11.5 Å². The van der Waals surface area contributed by atoms with Crippen molar-refractivity contribution >= 4 is 11.7 Å². The van der Waals surface area contributed by atoms with Gasteiger partial charge in [0.05, 0.1) is 31.8 Å². The number of carbonyl (C=O) groups is 1. The SMILES string of the molecule is COC(=O)c1cc(OCCCN)c(OC)cc1[N+](=O)[O-]. The highest BCUT2D eigenvalue weighted by Gasteiger charge is 2.25. The topological polar surface area (TPSA) is 114 Å². The number of nitrogens with two attached hydrogens (primary N) is 1. The second-order valence-corrected chi connectivity index (χ2v) is 3.76. The number of nitro benzene ring substituents is 1. The summed E-state index contributed by atoms with van der Waals surface area (Å²) in [5.74, 6) is -0.420. The van der Waals surface area contributed by atoms with E-state index in [4.69, 9.17) is 15.2 Å². The number of ether oxygens (including phenoxy) is 3. The molecule has 0 bridgehead atoms. The van der Waals surface area contributed by atoms with Gasteiger partial charge >= 0.3 is 5.97 Å². The van der Waals surface area contributed by atoms with Crippen LogP contribution in [0.5, 0.6) is 11.5 Å². The lowest BCUT2D eigenvalue weighted by Crippen LogP contribution is -2.09. The van der Waals surface area contributed by atoms with Crippen molar-refractivity contribution < 1.29 is 23.9 Å². The largest absolute Gasteiger partial charge is 0.493 e. The molecule has 0 saturated carbocycles. The van der Waals surface area contributed by atoms with Crippen molar-refractivity contribution in [3.05, 3.63) is 27.8 Å². The summed E-state index contributed by atoms with van der Waals surface area (Å²) in [4.78, 5) is 21.9. The van der Waals surface area contributed by atoms with Gasteiger partial charge in [-0.15, -0.1) is 0 Å². The summed E-state index contributed by atoms with van der Waals surface area (Å²) < 4.78 is 14.9. The molecule has 0 amide bonds. The molecule has 8 heteroatoms.